The fourth-order valence-corrected chi connectivity index (χ4v) is 4.28. The van der Waals surface area contributed by atoms with E-state index >= 15 is 0 Å². The van der Waals surface area contributed by atoms with Crippen molar-refractivity contribution in [2.45, 2.75) is 38.5 Å². The minimum Gasteiger partial charge on any atom is -0.303 e. The minimum absolute atomic E-state index is 0.160. The number of carbonyl (C=O) groups excluding carboxylic acids is 1. The molecule has 0 amide bonds. The molecule has 0 bridgehead atoms. The van der Waals surface area contributed by atoms with E-state index in [2.05, 4.69) is 16.1 Å². The van der Waals surface area contributed by atoms with E-state index in [1.165, 1.54) is 5.56 Å². The van der Waals surface area contributed by atoms with Crippen LogP contribution < -0.4 is 0 Å². The van der Waals surface area contributed by atoms with Crippen LogP contribution in [0.5, 0.6) is 0 Å². The van der Waals surface area contributed by atoms with Crippen LogP contribution in [-0.4, -0.2) is 21.1 Å². The molecule has 1 aliphatic carbocycles. The Kier molecular flexibility index (Phi) is 4.77. The average Bonchev–Trinajstić information content (AvgIpc) is 3.12. The Morgan fingerprint density at radius 2 is 1.88 bits per heavy atom. The van der Waals surface area contributed by atoms with Gasteiger partial charge in [-0.2, -0.15) is 5.10 Å². The summed E-state index contributed by atoms with van der Waals surface area (Å²) in [7, 11) is 0. The summed E-state index contributed by atoms with van der Waals surface area (Å²) in [6.07, 6.45) is 9.22. The number of hydrogen-bond donors (Lipinski definition) is 0. The second-order valence-corrected chi connectivity index (χ2v) is 7.71. The summed E-state index contributed by atoms with van der Waals surface area (Å²) >= 11 is 6.03. The lowest BCUT2D eigenvalue weighted by atomic mass is 9.74. The molecule has 0 aliphatic heterocycles. The Hall–Kier alpha value is -2.20. The number of carbonyl (C=O) groups is 1. The van der Waals surface area contributed by atoms with E-state index < -0.39 is 0 Å². The van der Waals surface area contributed by atoms with E-state index in [1.807, 2.05) is 48.3 Å². The van der Waals surface area contributed by atoms with Crippen molar-refractivity contribution in [3.05, 3.63) is 53.3 Å². The van der Waals surface area contributed by atoms with Gasteiger partial charge in [0.2, 0.25) is 0 Å². The van der Waals surface area contributed by atoms with E-state index in [0.29, 0.717) is 16.9 Å². The number of pyridine rings is 1. The van der Waals surface area contributed by atoms with Crippen molar-refractivity contribution in [1.82, 2.24) is 14.8 Å². The van der Waals surface area contributed by atoms with Gasteiger partial charge in [-0.05, 0) is 73.4 Å². The highest BCUT2D eigenvalue weighted by atomic mass is 35.5. The van der Waals surface area contributed by atoms with Crippen LogP contribution in [0.15, 0.2) is 42.7 Å². The average molecular weight is 368 g/mol. The Balaban J connectivity index is 1.69. The molecule has 2 aromatic heterocycles. The molecule has 4 nitrogen and oxygen atoms in total. The molecule has 1 unspecified atom stereocenters. The fourth-order valence-electron chi connectivity index (χ4n) is 4.16. The predicted molar refractivity (Wildman–Crippen MR) is 104 cm³/mol. The topological polar surface area (TPSA) is 47.8 Å². The third-order valence-electron chi connectivity index (χ3n) is 5.73. The monoisotopic (exact) mass is 367 g/mol. The summed E-state index contributed by atoms with van der Waals surface area (Å²) in [5.74, 6) is 1.16. The maximum absolute atomic E-state index is 11.1. The van der Waals surface area contributed by atoms with Gasteiger partial charge >= 0.3 is 0 Å². The fraction of sp³-hybridized carbons (Fsp3) is 0.381. The molecule has 26 heavy (non-hydrogen) atoms. The van der Waals surface area contributed by atoms with Crippen LogP contribution >= 0.6 is 11.6 Å². The van der Waals surface area contributed by atoms with Gasteiger partial charge in [0, 0.05) is 17.1 Å². The molecule has 4 rings (SSSR count). The van der Waals surface area contributed by atoms with Crippen LogP contribution in [-0.2, 0) is 4.79 Å². The van der Waals surface area contributed by atoms with Crippen LogP contribution in [0.25, 0.3) is 16.7 Å². The molecule has 1 fully saturated rings. The maximum atomic E-state index is 11.1. The van der Waals surface area contributed by atoms with Gasteiger partial charge in [-0.1, -0.05) is 18.5 Å². The Morgan fingerprint density at radius 1 is 1.15 bits per heavy atom. The summed E-state index contributed by atoms with van der Waals surface area (Å²) in [5, 5.41) is 5.29. The molecule has 0 N–H and O–H groups in total. The van der Waals surface area contributed by atoms with Crippen molar-refractivity contribution in [2.75, 3.05) is 0 Å². The lowest BCUT2D eigenvalue weighted by Crippen LogP contribution is -2.20. The molecule has 0 spiro atoms. The summed E-state index contributed by atoms with van der Waals surface area (Å²) in [4.78, 5) is 15.6. The van der Waals surface area contributed by atoms with Gasteiger partial charge in [0.05, 0.1) is 17.4 Å². The normalized spacial score (nSPS) is 21.6. The van der Waals surface area contributed by atoms with Crippen molar-refractivity contribution in [1.29, 1.82) is 0 Å². The van der Waals surface area contributed by atoms with Crippen LogP contribution in [0.1, 0.15) is 44.1 Å². The minimum atomic E-state index is 0.160. The van der Waals surface area contributed by atoms with Crippen LogP contribution in [0.2, 0.25) is 5.02 Å². The second kappa shape index (κ2) is 7.20. The maximum Gasteiger partial charge on any atom is 0.123 e. The van der Waals surface area contributed by atoms with Crippen LogP contribution in [0.4, 0.5) is 0 Å². The molecule has 134 valence electrons. The molecule has 2 heterocycles. The number of rotatable bonds is 4. The largest absolute Gasteiger partial charge is 0.303 e. The summed E-state index contributed by atoms with van der Waals surface area (Å²) < 4.78 is 1.97. The summed E-state index contributed by atoms with van der Waals surface area (Å²) in [6.45, 7) is 2.04. The smallest absolute Gasteiger partial charge is 0.123 e. The van der Waals surface area contributed by atoms with Crippen molar-refractivity contribution in [3.63, 3.8) is 0 Å². The van der Waals surface area contributed by atoms with Crippen LogP contribution in [0.3, 0.4) is 0 Å². The van der Waals surface area contributed by atoms with Gasteiger partial charge in [-0.25, -0.2) is 4.68 Å². The number of nitrogens with zero attached hydrogens (tertiary/aromatic N) is 3. The first-order valence-electron chi connectivity index (χ1n) is 9.21. The highest BCUT2D eigenvalue weighted by Gasteiger charge is 2.27. The van der Waals surface area contributed by atoms with E-state index in [1.54, 1.807) is 0 Å². The molecule has 1 atom stereocenters. The predicted octanol–water partition coefficient (Wildman–Crippen LogP) is 5.18. The van der Waals surface area contributed by atoms with Gasteiger partial charge in [0.1, 0.15) is 11.8 Å². The third-order valence-corrected chi connectivity index (χ3v) is 5.98. The Bertz CT molecular complexity index is 911. The molecular weight excluding hydrogens is 346 g/mol. The van der Waals surface area contributed by atoms with Crippen LogP contribution in [0, 0.1) is 11.8 Å². The number of benzene rings is 1. The van der Waals surface area contributed by atoms with Crippen molar-refractivity contribution < 1.29 is 4.79 Å². The first-order chi connectivity index (χ1) is 12.7. The van der Waals surface area contributed by atoms with Gasteiger partial charge in [0.25, 0.3) is 0 Å². The van der Waals surface area contributed by atoms with E-state index in [9.17, 15) is 4.79 Å². The number of fused-ring (bicyclic) bond motifs is 1. The quantitative estimate of drug-likeness (QED) is 0.597. The third kappa shape index (κ3) is 3.14. The van der Waals surface area contributed by atoms with Crippen molar-refractivity contribution >= 4 is 28.9 Å². The first-order valence-corrected chi connectivity index (χ1v) is 9.59. The highest BCUT2D eigenvalue weighted by Crippen LogP contribution is 2.40. The lowest BCUT2D eigenvalue weighted by Gasteiger charge is -2.30. The summed E-state index contributed by atoms with van der Waals surface area (Å²) in [5.41, 5.74) is 4.30. The molecule has 1 aromatic carbocycles. The number of halogens is 1. The molecule has 1 aliphatic rings. The second-order valence-electron chi connectivity index (χ2n) is 7.27. The molecule has 0 saturated heterocycles. The SMILES string of the molecule is CC(C=O)[C@H]1CC[C@H](c2ccnc3cnn(-c4ccc(Cl)cc4)c32)CC1. The zero-order valence-corrected chi connectivity index (χ0v) is 15.6. The Morgan fingerprint density at radius 3 is 2.58 bits per heavy atom. The van der Waals surface area contributed by atoms with E-state index in [-0.39, 0.29) is 5.92 Å². The van der Waals surface area contributed by atoms with Crippen molar-refractivity contribution in [3.8, 4) is 5.69 Å². The molecule has 5 heteroatoms. The first kappa shape index (κ1) is 17.2. The van der Waals surface area contributed by atoms with Gasteiger partial charge in [-0.3, -0.25) is 4.98 Å². The number of hydrogen-bond acceptors (Lipinski definition) is 3. The van der Waals surface area contributed by atoms with Crippen molar-refractivity contribution in [2.24, 2.45) is 11.8 Å². The number of aldehydes is 1. The van der Waals surface area contributed by atoms with E-state index in [4.69, 9.17) is 11.6 Å². The zero-order chi connectivity index (χ0) is 18.1. The zero-order valence-electron chi connectivity index (χ0n) is 14.8. The molecule has 1 saturated carbocycles. The molecule has 0 radical (unpaired) electrons. The van der Waals surface area contributed by atoms with Gasteiger partial charge < -0.3 is 4.79 Å². The Labute approximate surface area is 158 Å². The molecular formula is C21H22ClN3O. The lowest BCUT2D eigenvalue weighted by molar-refractivity contribution is -0.112. The van der Waals surface area contributed by atoms with Gasteiger partial charge in [-0.15, -0.1) is 0 Å². The number of aromatic nitrogens is 3. The van der Waals surface area contributed by atoms with Gasteiger partial charge in [0.15, 0.2) is 0 Å². The summed E-state index contributed by atoms with van der Waals surface area (Å²) in [6, 6.07) is 9.85. The standard InChI is InChI=1S/C21H22ClN3O/c1-14(13-26)15-2-4-16(5-3-15)19-10-11-23-20-12-24-25(21(19)20)18-8-6-17(22)7-9-18/h6-16H,2-5H2,1H3/t14?,15-,16-. The molecule has 3 aromatic rings. The van der Waals surface area contributed by atoms with E-state index in [0.717, 1.165) is 48.7 Å². The highest BCUT2D eigenvalue weighted by molar-refractivity contribution is 6.30.